The van der Waals surface area contributed by atoms with Crippen LogP contribution in [-0.4, -0.2) is 11.1 Å². The summed E-state index contributed by atoms with van der Waals surface area (Å²) < 4.78 is 0. The van der Waals surface area contributed by atoms with Gasteiger partial charge in [0.1, 0.15) is 6.10 Å². The second kappa shape index (κ2) is 5.76. The topological polar surface area (TPSA) is 32.3 Å². The minimum Gasteiger partial charge on any atom is -0.386 e. The van der Waals surface area contributed by atoms with E-state index < -0.39 is 6.10 Å². The molecule has 0 amide bonds. The molecule has 0 aromatic heterocycles. The Balaban J connectivity index is 1.93. The SMILES string of the molecule is OC(c1ccccc1)C1NC=CC=C1c1ccccc1. The van der Waals surface area contributed by atoms with Crippen molar-refractivity contribution in [3.05, 3.63) is 90.1 Å². The third-order valence-electron chi connectivity index (χ3n) is 3.55. The molecule has 2 unspecified atom stereocenters. The average Bonchev–Trinajstić information content (AvgIpc) is 2.56. The van der Waals surface area contributed by atoms with Crippen molar-refractivity contribution in [1.82, 2.24) is 5.32 Å². The molecule has 1 aliphatic heterocycles. The zero-order chi connectivity index (χ0) is 13.8. The molecule has 0 bridgehead atoms. The molecular formula is C18H17NO. The largest absolute Gasteiger partial charge is 0.386 e. The van der Waals surface area contributed by atoms with Gasteiger partial charge in [-0.3, -0.25) is 0 Å². The normalized spacial score (nSPS) is 19.1. The van der Waals surface area contributed by atoms with E-state index in [-0.39, 0.29) is 6.04 Å². The first-order chi connectivity index (χ1) is 9.86. The van der Waals surface area contributed by atoms with E-state index >= 15 is 0 Å². The lowest BCUT2D eigenvalue weighted by Gasteiger charge is -2.28. The Kier molecular flexibility index (Phi) is 3.66. The van der Waals surface area contributed by atoms with Crippen LogP contribution < -0.4 is 5.32 Å². The number of dihydropyridines is 1. The Bertz CT molecular complexity index is 616. The van der Waals surface area contributed by atoms with Crippen LogP contribution in [0.25, 0.3) is 5.57 Å². The van der Waals surface area contributed by atoms with Crippen LogP contribution in [0.5, 0.6) is 0 Å². The van der Waals surface area contributed by atoms with Crippen LogP contribution in [0.3, 0.4) is 0 Å². The van der Waals surface area contributed by atoms with Crippen molar-refractivity contribution in [1.29, 1.82) is 0 Å². The summed E-state index contributed by atoms with van der Waals surface area (Å²) in [6.45, 7) is 0. The fourth-order valence-electron chi connectivity index (χ4n) is 2.51. The van der Waals surface area contributed by atoms with Crippen molar-refractivity contribution in [3.63, 3.8) is 0 Å². The zero-order valence-corrected chi connectivity index (χ0v) is 11.1. The van der Waals surface area contributed by atoms with Crippen LogP contribution in [0.2, 0.25) is 0 Å². The van der Waals surface area contributed by atoms with Gasteiger partial charge in [-0.1, -0.05) is 66.7 Å². The van der Waals surface area contributed by atoms with Crippen molar-refractivity contribution in [2.75, 3.05) is 0 Å². The van der Waals surface area contributed by atoms with Crippen LogP contribution in [0.4, 0.5) is 0 Å². The highest BCUT2D eigenvalue weighted by Crippen LogP contribution is 2.29. The van der Waals surface area contributed by atoms with Crippen LogP contribution in [0, 0.1) is 0 Å². The van der Waals surface area contributed by atoms with Gasteiger partial charge in [0.15, 0.2) is 0 Å². The molecule has 0 spiro atoms. The maximum Gasteiger partial charge on any atom is 0.103 e. The standard InChI is InChI=1S/C18H17NO/c20-18(15-10-5-2-6-11-15)17-16(12-7-13-19-17)14-8-3-1-4-9-14/h1-13,17-20H. The summed E-state index contributed by atoms with van der Waals surface area (Å²) in [5, 5.41) is 13.9. The second-order valence-corrected chi connectivity index (χ2v) is 4.85. The van der Waals surface area contributed by atoms with Gasteiger partial charge in [0, 0.05) is 0 Å². The molecule has 3 rings (SSSR count). The Morgan fingerprint density at radius 3 is 2.25 bits per heavy atom. The van der Waals surface area contributed by atoms with Crippen molar-refractivity contribution >= 4 is 5.57 Å². The highest BCUT2D eigenvalue weighted by Gasteiger charge is 2.25. The number of aliphatic hydroxyl groups is 1. The molecule has 2 N–H and O–H groups in total. The fourth-order valence-corrected chi connectivity index (χ4v) is 2.51. The van der Waals surface area contributed by atoms with E-state index in [1.54, 1.807) is 0 Å². The molecule has 100 valence electrons. The third kappa shape index (κ3) is 2.51. The smallest absolute Gasteiger partial charge is 0.103 e. The number of hydrogen-bond acceptors (Lipinski definition) is 2. The van der Waals surface area contributed by atoms with Gasteiger partial charge in [-0.2, -0.15) is 0 Å². The van der Waals surface area contributed by atoms with Gasteiger partial charge in [-0.05, 0) is 29.0 Å². The molecule has 1 aliphatic rings. The highest BCUT2D eigenvalue weighted by atomic mass is 16.3. The molecule has 2 heteroatoms. The van der Waals surface area contributed by atoms with E-state index in [0.717, 1.165) is 16.7 Å². The maximum atomic E-state index is 10.6. The predicted molar refractivity (Wildman–Crippen MR) is 81.9 cm³/mol. The van der Waals surface area contributed by atoms with Gasteiger partial charge >= 0.3 is 0 Å². The number of hydrogen-bond donors (Lipinski definition) is 2. The Labute approximate surface area is 119 Å². The Morgan fingerprint density at radius 1 is 0.900 bits per heavy atom. The van der Waals surface area contributed by atoms with Gasteiger partial charge in [0.2, 0.25) is 0 Å². The lowest BCUT2D eigenvalue weighted by Crippen LogP contribution is -2.34. The number of allylic oxidation sites excluding steroid dienone is 2. The Morgan fingerprint density at radius 2 is 1.55 bits per heavy atom. The Hall–Kier alpha value is -2.32. The van der Waals surface area contributed by atoms with E-state index in [1.807, 2.05) is 60.8 Å². The zero-order valence-electron chi connectivity index (χ0n) is 11.1. The number of rotatable bonds is 3. The molecule has 0 saturated carbocycles. The van der Waals surface area contributed by atoms with Crippen LogP contribution in [0.15, 0.2) is 79.0 Å². The van der Waals surface area contributed by atoms with Gasteiger partial charge in [0.05, 0.1) is 6.04 Å². The molecular weight excluding hydrogens is 246 g/mol. The lowest BCUT2D eigenvalue weighted by atomic mass is 9.89. The molecule has 0 radical (unpaired) electrons. The fraction of sp³-hybridized carbons (Fsp3) is 0.111. The number of benzene rings is 2. The first-order valence-electron chi connectivity index (χ1n) is 6.77. The summed E-state index contributed by atoms with van der Waals surface area (Å²) in [5.41, 5.74) is 3.15. The van der Waals surface area contributed by atoms with Crippen molar-refractivity contribution in [2.45, 2.75) is 12.1 Å². The minimum atomic E-state index is -0.576. The monoisotopic (exact) mass is 263 g/mol. The molecule has 2 nitrogen and oxygen atoms in total. The summed E-state index contributed by atoms with van der Waals surface area (Å²) >= 11 is 0. The van der Waals surface area contributed by atoms with E-state index in [4.69, 9.17) is 0 Å². The van der Waals surface area contributed by atoms with Gasteiger partial charge in [-0.25, -0.2) is 0 Å². The summed E-state index contributed by atoms with van der Waals surface area (Å²) in [7, 11) is 0. The van der Waals surface area contributed by atoms with Crippen LogP contribution in [-0.2, 0) is 0 Å². The van der Waals surface area contributed by atoms with E-state index in [0.29, 0.717) is 0 Å². The number of nitrogens with one attached hydrogen (secondary N) is 1. The van der Waals surface area contributed by atoms with Crippen molar-refractivity contribution in [2.24, 2.45) is 0 Å². The lowest BCUT2D eigenvalue weighted by molar-refractivity contribution is 0.156. The van der Waals surface area contributed by atoms with Gasteiger partial charge < -0.3 is 10.4 Å². The molecule has 2 aromatic rings. The quantitative estimate of drug-likeness (QED) is 0.890. The van der Waals surface area contributed by atoms with Gasteiger partial charge in [-0.15, -0.1) is 0 Å². The van der Waals surface area contributed by atoms with Crippen molar-refractivity contribution in [3.8, 4) is 0 Å². The predicted octanol–water partition coefficient (Wildman–Crippen LogP) is 3.29. The number of aliphatic hydroxyl groups excluding tert-OH is 1. The van der Waals surface area contributed by atoms with Crippen LogP contribution >= 0.6 is 0 Å². The molecule has 2 atom stereocenters. The third-order valence-corrected chi connectivity index (χ3v) is 3.55. The van der Waals surface area contributed by atoms with E-state index in [1.165, 1.54) is 0 Å². The van der Waals surface area contributed by atoms with Crippen molar-refractivity contribution < 1.29 is 5.11 Å². The minimum absolute atomic E-state index is 0.134. The molecule has 20 heavy (non-hydrogen) atoms. The average molecular weight is 263 g/mol. The highest BCUT2D eigenvalue weighted by molar-refractivity contribution is 5.73. The maximum absolute atomic E-state index is 10.6. The molecule has 0 fully saturated rings. The molecule has 1 heterocycles. The second-order valence-electron chi connectivity index (χ2n) is 4.85. The summed E-state index contributed by atoms with van der Waals surface area (Å²) in [6, 6.07) is 19.8. The molecule has 0 saturated heterocycles. The van der Waals surface area contributed by atoms with Crippen LogP contribution in [0.1, 0.15) is 17.2 Å². The molecule has 2 aromatic carbocycles. The van der Waals surface area contributed by atoms with E-state index in [2.05, 4.69) is 23.5 Å². The summed E-state index contributed by atoms with van der Waals surface area (Å²) in [6.07, 6.45) is 5.33. The first-order valence-corrected chi connectivity index (χ1v) is 6.77. The first kappa shape index (κ1) is 12.7. The summed E-state index contributed by atoms with van der Waals surface area (Å²) in [4.78, 5) is 0. The van der Waals surface area contributed by atoms with E-state index in [9.17, 15) is 5.11 Å². The van der Waals surface area contributed by atoms with Gasteiger partial charge in [0.25, 0.3) is 0 Å². The molecule has 0 aliphatic carbocycles. The summed E-state index contributed by atoms with van der Waals surface area (Å²) in [5.74, 6) is 0.